The second-order valence-electron chi connectivity index (χ2n) is 7.32. The molecule has 0 bridgehead atoms. The van der Waals surface area contributed by atoms with E-state index in [1.807, 2.05) is 46.7 Å². The highest BCUT2D eigenvalue weighted by Crippen LogP contribution is 2.54. The van der Waals surface area contributed by atoms with Crippen LogP contribution in [0.4, 0.5) is 5.69 Å². The average Bonchev–Trinajstić information content (AvgIpc) is 3.47. The molecule has 0 radical (unpaired) electrons. The Morgan fingerprint density at radius 3 is 2.62 bits per heavy atom. The molecule has 2 amide bonds. The summed E-state index contributed by atoms with van der Waals surface area (Å²) in [6, 6.07) is 19.9. The Morgan fingerprint density at radius 1 is 1.07 bits per heavy atom. The molecule has 4 nitrogen and oxygen atoms in total. The molecule has 1 fully saturated rings. The van der Waals surface area contributed by atoms with E-state index < -0.39 is 4.87 Å². The monoisotopic (exact) mass is 420 g/mol. The summed E-state index contributed by atoms with van der Waals surface area (Å²) in [7, 11) is 0. The summed E-state index contributed by atoms with van der Waals surface area (Å²) in [6.45, 7) is 3.12. The van der Waals surface area contributed by atoms with E-state index in [0.29, 0.717) is 18.0 Å². The van der Waals surface area contributed by atoms with Crippen molar-refractivity contribution >= 4 is 40.6 Å². The van der Waals surface area contributed by atoms with Gasteiger partial charge in [0.1, 0.15) is 0 Å². The van der Waals surface area contributed by atoms with Crippen molar-refractivity contribution in [3.63, 3.8) is 0 Å². The minimum Gasteiger partial charge on any atom is -0.310 e. The molecule has 3 heterocycles. The van der Waals surface area contributed by atoms with Crippen molar-refractivity contribution in [1.82, 2.24) is 4.90 Å². The number of anilines is 1. The zero-order valence-electron chi connectivity index (χ0n) is 16.0. The molecule has 0 N–H and O–H groups in total. The summed E-state index contributed by atoms with van der Waals surface area (Å²) in [4.78, 5) is 30.5. The van der Waals surface area contributed by atoms with Gasteiger partial charge in [0.15, 0.2) is 4.87 Å². The van der Waals surface area contributed by atoms with Crippen LogP contribution in [0.5, 0.6) is 0 Å². The van der Waals surface area contributed by atoms with Crippen LogP contribution in [-0.2, 0) is 16.2 Å². The molecule has 1 spiro atoms. The van der Waals surface area contributed by atoms with E-state index in [2.05, 4.69) is 31.2 Å². The van der Waals surface area contributed by atoms with Crippen molar-refractivity contribution in [2.45, 2.75) is 18.3 Å². The summed E-state index contributed by atoms with van der Waals surface area (Å²) < 4.78 is 0. The van der Waals surface area contributed by atoms with Crippen LogP contribution in [0.1, 0.15) is 26.4 Å². The molecule has 1 atom stereocenters. The van der Waals surface area contributed by atoms with Gasteiger partial charge >= 0.3 is 0 Å². The molecule has 3 aromatic rings. The summed E-state index contributed by atoms with van der Waals surface area (Å²) in [5.41, 5.74) is 4.09. The van der Waals surface area contributed by atoms with E-state index in [4.69, 9.17) is 0 Å². The number of aryl methyl sites for hydroxylation is 1. The number of amides is 2. The Balaban J connectivity index is 1.57. The molecule has 0 unspecified atom stereocenters. The van der Waals surface area contributed by atoms with E-state index in [0.717, 1.165) is 22.6 Å². The van der Waals surface area contributed by atoms with Gasteiger partial charge in [-0.15, -0.1) is 23.1 Å². The van der Waals surface area contributed by atoms with Crippen molar-refractivity contribution in [2.24, 2.45) is 0 Å². The predicted octanol–water partition coefficient (Wildman–Crippen LogP) is 4.65. The van der Waals surface area contributed by atoms with Crippen LogP contribution in [-0.4, -0.2) is 29.0 Å². The number of nitrogens with zero attached hydrogens (tertiary/aromatic N) is 2. The molecule has 0 aliphatic carbocycles. The number of hydrogen-bond donors (Lipinski definition) is 0. The third kappa shape index (κ3) is 2.81. The van der Waals surface area contributed by atoms with Crippen molar-refractivity contribution in [1.29, 1.82) is 0 Å². The van der Waals surface area contributed by atoms with Crippen molar-refractivity contribution in [3.05, 3.63) is 87.6 Å². The maximum Gasteiger partial charge on any atom is 0.268 e. The van der Waals surface area contributed by atoms with Gasteiger partial charge in [0, 0.05) is 17.9 Å². The van der Waals surface area contributed by atoms with Gasteiger partial charge in [-0.2, -0.15) is 0 Å². The van der Waals surface area contributed by atoms with Crippen LogP contribution in [0.2, 0.25) is 0 Å². The van der Waals surface area contributed by atoms with E-state index in [1.165, 1.54) is 16.9 Å². The van der Waals surface area contributed by atoms with Gasteiger partial charge in [-0.3, -0.25) is 9.59 Å². The SMILES string of the molecule is Cc1ccc(CN2C(=O)[C@]3(SCCN3C(=O)c3cccs3)c3ccccc32)cc1. The molecule has 2 aliphatic heterocycles. The molecular formula is C23H20N2O2S2. The molecule has 29 heavy (non-hydrogen) atoms. The molecule has 6 heteroatoms. The number of benzene rings is 2. The lowest BCUT2D eigenvalue weighted by Crippen LogP contribution is -2.50. The fourth-order valence-corrected chi connectivity index (χ4v) is 6.27. The van der Waals surface area contributed by atoms with Crippen LogP contribution in [0.25, 0.3) is 0 Å². The van der Waals surface area contributed by atoms with Crippen molar-refractivity contribution in [2.75, 3.05) is 17.2 Å². The Hall–Kier alpha value is -2.57. The Kier molecular flexibility index (Phi) is 4.48. The van der Waals surface area contributed by atoms with Crippen LogP contribution < -0.4 is 4.90 Å². The van der Waals surface area contributed by atoms with Crippen LogP contribution in [0.15, 0.2) is 66.0 Å². The zero-order chi connectivity index (χ0) is 20.0. The van der Waals surface area contributed by atoms with Gasteiger partial charge in [0.25, 0.3) is 11.8 Å². The molecule has 0 saturated carbocycles. The summed E-state index contributed by atoms with van der Waals surface area (Å²) in [5, 5.41) is 1.90. The fraction of sp³-hybridized carbons (Fsp3) is 0.217. The molecule has 1 aromatic heterocycles. The lowest BCUT2D eigenvalue weighted by molar-refractivity contribution is -0.123. The second kappa shape index (κ2) is 7.04. The number of thioether (sulfide) groups is 1. The zero-order valence-corrected chi connectivity index (χ0v) is 17.6. The first-order valence-corrected chi connectivity index (χ1v) is 11.4. The van der Waals surface area contributed by atoms with Gasteiger partial charge in [0.05, 0.1) is 17.1 Å². The molecule has 1 saturated heterocycles. The molecular weight excluding hydrogens is 400 g/mol. The molecule has 146 valence electrons. The third-order valence-electron chi connectivity index (χ3n) is 5.54. The Labute approximate surface area is 178 Å². The van der Waals surface area contributed by atoms with Gasteiger partial charge in [-0.1, -0.05) is 54.1 Å². The number of hydrogen-bond acceptors (Lipinski definition) is 4. The highest BCUT2D eigenvalue weighted by atomic mass is 32.2. The van der Waals surface area contributed by atoms with Crippen LogP contribution >= 0.6 is 23.1 Å². The third-order valence-corrected chi connectivity index (χ3v) is 7.82. The van der Waals surface area contributed by atoms with Gasteiger partial charge in [-0.25, -0.2) is 0 Å². The number of carbonyl (C=O) groups excluding carboxylic acids is 2. The quantitative estimate of drug-likeness (QED) is 0.620. The maximum atomic E-state index is 13.9. The standard InChI is InChI=1S/C23H20N2O2S2/c1-16-8-10-17(11-9-16)15-24-19-6-3-2-5-18(19)23(22(24)27)25(12-14-29-23)21(26)20-7-4-13-28-20/h2-11,13H,12,14-15H2,1H3/t23-/m1/s1. The van der Waals surface area contributed by atoms with Crippen molar-refractivity contribution < 1.29 is 9.59 Å². The minimum absolute atomic E-state index is 0.0216. The summed E-state index contributed by atoms with van der Waals surface area (Å²) >= 11 is 2.99. The number of carbonyl (C=O) groups is 2. The molecule has 2 aliphatic rings. The number of thiophene rings is 1. The van der Waals surface area contributed by atoms with Crippen LogP contribution in [0, 0.1) is 6.92 Å². The lowest BCUT2D eigenvalue weighted by atomic mass is 10.1. The highest BCUT2D eigenvalue weighted by molar-refractivity contribution is 8.01. The number of rotatable bonds is 3. The van der Waals surface area contributed by atoms with E-state index >= 15 is 0 Å². The van der Waals surface area contributed by atoms with Crippen LogP contribution in [0.3, 0.4) is 0 Å². The van der Waals surface area contributed by atoms with Gasteiger partial charge < -0.3 is 9.80 Å². The molecule has 5 rings (SSSR count). The maximum absolute atomic E-state index is 13.9. The second-order valence-corrected chi connectivity index (χ2v) is 9.56. The average molecular weight is 421 g/mol. The highest BCUT2D eigenvalue weighted by Gasteiger charge is 2.59. The minimum atomic E-state index is -0.970. The van der Waals surface area contributed by atoms with Crippen molar-refractivity contribution in [3.8, 4) is 0 Å². The van der Waals surface area contributed by atoms with Gasteiger partial charge in [0.2, 0.25) is 0 Å². The molecule has 2 aromatic carbocycles. The van der Waals surface area contributed by atoms with Gasteiger partial charge in [-0.05, 0) is 30.0 Å². The largest absolute Gasteiger partial charge is 0.310 e. The summed E-state index contributed by atoms with van der Waals surface area (Å²) in [5.74, 6) is 0.660. The summed E-state index contributed by atoms with van der Waals surface area (Å²) in [6.07, 6.45) is 0. The smallest absolute Gasteiger partial charge is 0.268 e. The Bertz CT molecular complexity index is 1080. The first-order chi connectivity index (χ1) is 14.1. The number of fused-ring (bicyclic) bond motifs is 2. The van der Waals surface area contributed by atoms with E-state index in [1.54, 1.807) is 16.7 Å². The number of para-hydroxylation sites is 1. The Morgan fingerprint density at radius 2 is 1.86 bits per heavy atom. The predicted molar refractivity (Wildman–Crippen MR) is 118 cm³/mol. The lowest BCUT2D eigenvalue weighted by Gasteiger charge is -2.33. The topological polar surface area (TPSA) is 40.6 Å². The first kappa shape index (κ1) is 18.5. The van der Waals surface area contributed by atoms with E-state index in [-0.39, 0.29) is 11.8 Å². The van der Waals surface area contributed by atoms with E-state index in [9.17, 15) is 9.59 Å². The normalized spacial score (nSPS) is 20.5. The fourth-order valence-electron chi connectivity index (χ4n) is 4.13. The first-order valence-electron chi connectivity index (χ1n) is 9.58.